The number of hydrogen-bond acceptors (Lipinski definition) is 3. The first-order valence-corrected chi connectivity index (χ1v) is 3.75. The maximum atomic E-state index is 9.11. The molecule has 0 aromatic heterocycles. The summed E-state index contributed by atoms with van der Waals surface area (Å²) in [7, 11) is 0. The summed E-state index contributed by atoms with van der Waals surface area (Å²) in [6.07, 6.45) is 2.25. The lowest BCUT2D eigenvalue weighted by Gasteiger charge is -2.25. The summed E-state index contributed by atoms with van der Waals surface area (Å²) in [6, 6.07) is 0. The quantitative estimate of drug-likeness (QED) is 0.572. The lowest BCUT2D eigenvalue weighted by atomic mass is 10.1. The van der Waals surface area contributed by atoms with Gasteiger partial charge in [-0.05, 0) is 19.3 Å². The van der Waals surface area contributed by atoms with Crippen LogP contribution < -0.4 is 0 Å². The average Bonchev–Trinajstić information content (AvgIpc) is 2.05. The minimum atomic E-state index is -0.680. The fourth-order valence-corrected chi connectivity index (χ4v) is 1.19. The summed E-state index contributed by atoms with van der Waals surface area (Å²) >= 11 is 0. The first kappa shape index (κ1) is 7.98. The molecule has 2 unspecified atom stereocenters. The second kappa shape index (κ2) is 3.91. The molecule has 0 aromatic carbocycles. The number of aliphatic hydroxyl groups excluding tert-OH is 2. The van der Waals surface area contributed by atoms with E-state index in [-0.39, 0.29) is 12.7 Å². The van der Waals surface area contributed by atoms with Crippen LogP contribution in [0.5, 0.6) is 0 Å². The first-order valence-electron chi connectivity index (χ1n) is 3.75. The van der Waals surface area contributed by atoms with Crippen LogP contribution in [0.2, 0.25) is 0 Å². The van der Waals surface area contributed by atoms with Crippen LogP contribution in [-0.2, 0) is 4.74 Å². The van der Waals surface area contributed by atoms with Crippen LogP contribution in [0.25, 0.3) is 0 Å². The second-order valence-corrected chi connectivity index (χ2v) is 2.65. The van der Waals surface area contributed by atoms with E-state index >= 15 is 0 Å². The lowest BCUT2D eigenvalue weighted by molar-refractivity contribution is -0.0783. The zero-order valence-electron chi connectivity index (χ0n) is 5.99. The Hall–Kier alpha value is -0.120. The molecule has 1 aliphatic rings. The van der Waals surface area contributed by atoms with E-state index in [9.17, 15) is 0 Å². The molecule has 2 atom stereocenters. The Bertz CT molecular complexity index is 88.9. The zero-order valence-corrected chi connectivity index (χ0v) is 5.99. The Morgan fingerprint density at radius 1 is 1.50 bits per heavy atom. The molecule has 0 radical (unpaired) electrons. The molecular weight excluding hydrogens is 132 g/mol. The largest absolute Gasteiger partial charge is 0.394 e. The van der Waals surface area contributed by atoms with Gasteiger partial charge in [0.1, 0.15) is 6.10 Å². The monoisotopic (exact) mass is 146 g/mol. The molecule has 0 spiro atoms. The maximum Gasteiger partial charge on any atom is 0.103 e. The van der Waals surface area contributed by atoms with Crippen molar-refractivity contribution in [1.29, 1.82) is 0 Å². The van der Waals surface area contributed by atoms with Gasteiger partial charge in [0.25, 0.3) is 0 Å². The molecule has 0 bridgehead atoms. The molecule has 60 valence electrons. The second-order valence-electron chi connectivity index (χ2n) is 2.65. The highest BCUT2D eigenvalue weighted by Crippen LogP contribution is 2.15. The van der Waals surface area contributed by atoms with E-state index in [1.54, 1.807) is 0 Å². The van der Waals surface area contributed by atoms with Crippen molar-refractivity contribution in [2.24, 2.45) is 0 Å². The van der Waals surface area contributed by atoms with Gasteiger partial charge in [-0.1, -0.05) is 0 Å². The van der Waals surface area contributed by atoms with Gasteiger partial charge < -0.3 is 14.9 Å². The normalized spacial score (nSPS) is 30.0. The third-order valence-electron chi connectivity index (χ3n) is 1.83. The number of ether oxygens (including phenoxy) is 1. The van der Waals surface area contributed by atoms with Crippen molar-refractivity contribution in [1.82, 2.24) is 0 Å². The molecule has 0 aromatic rings. The van der Waals surface area contributed by atoms with Crippen molar-refractivity contribution in [3.63, 3.8) is 0 Å². The van der Waals surface area contributed by atoms with Gasteiger partial charge in [-0.3, -0.25) is 0 Å². The lowest BCUT2D eigenvalue weighted by Crippen LogP contribution is -2.34. The van der Waals surface area contributed by atoms with E-state index in [2.05, 4.69) is 0 Å². The van der Waals surface area contributed by atoms with Crippen molar-refractivity contribution in [3.8, 4) is 0 Å². The van der Waals surface area contributed by atoms with Gasteiger partial charge in [-0.2, -0.15) is 0 Å². The first-order chi connectivity index (χ1) is 4.84. The predicted molar refractivity (Wildman–Crippen MR) is 36.7 cm³/mol. The molecule has 3 nitrogen and oxygen atoms in total. The van der Waals surface area contributed by atoms with E-state index < -0.39 is 6.10 Å². The van der Waals surface area contributed by atoms with Crippen molar-refractivity contribution < 1.29 is 14.9 Å². The number of aliphatic hydroxyl groups is 2. The Balaban J connectivity index is 2.24. The summed E-state index contributed by atoms with van der Waals surface area (Å²) in [5.74, 6) is 0. The van der Waals surface area contributed by atoms with Gasteiger partial charge in [-0.15, -0.1) is 0 Å². The highest BCUT2D eigenvalue weighted by Gasteiger charge is 2.21. The summed E-state index contributed by atoms with van der Waals surface area (Å²) in [4.78, 5) is 0. The minimum Gasteiger partial charge on any atom is -0.394 e. The van der Waals surface area contributed by atoms with E-state index in [0.29, 0.717) is 0 Å². The van der Waals surface area contributed by atoms with Crippen LogP contribution in [0.15, 0.2) is 0 Å². The Morgan fingerprint density at radius 2 is 2.30 bits per heavy atom. The van der Waals surface area contributed by atoms with Gasteiger partial charge in [0.15, 0.2) is 0 Å². The fraction of sp³-hybridized carbons (Fsp3) is 1.00. The van der Waals surface area contributed by atoms with Gasteiger partial charge in [-0.25, -0.2) is 0 Å². The molecule has 10 heavy (non-hydrogen) atoms. The van der Waals surface area contributed by atoms with Gasteiger partial charge in [0, 0.05) is 6.61 Å². The molecule has 0 aliphatic carbocycles. The molecule has 0 saturated carbocycles. The molecule has 2 N–H and O–H groups in total. The highest BCUT2D eigenvalue weighted by molar-refractivity contribution is 4.70. The number of rotatable bonds is 2. The van der Waals surface area contributed by atoms with E-state index in [1.165, 1.54) is 0 Å². The smallest absolute Gasteiger partial charge is 0.103 e. The minimum absolute atomic E-state index is 0.126. The Kier molecular flexibility index (Phi) is 3.12. The fourth-order valence-electron chi connectivity index (χ4n) is 1.19. The molecule has 1 fully saturated rings. The SMILES string of the molecule is OCC(O)C1CCCCO1. The van der Waals surface area contributed by atoms with E-state index in [4.69, 9.17) is 14.9 Å². The van der Waals surface area contributed by atoms with Crippen LogP contribution in [0.1, 0.15) is 19.3 Å². The van der Waals surface area contributed by atoms with Crippen LogP contribution in [0.4, 0.5) is 0 Å². The van der Waals surface area contributed by atoms with Gasteiger partial charge in [0.05, 0.1) is 12.7 Å². The summed E-state index contributed by atoms with van der Waals surface area (Å²) in [5.41, 5.74) is 0. The van der Waals surface area contributed by atoms with Gasteiger partial charge in [0.2, 0.25) is 0 Å². The Morgan fingerprint density at radius 3 is 2.80 bits per heavy atom. The summed E-state index contributed by atoms with van der Waals surface area (Å²) in [5, 5.41) is 17.7. The molecule has 1 aliphatic heterocycles. The standard InChI is InChI=1S/C7H14O3/c8-5-6(9)7-3-1-2-4-10-7/h6-9H,1-5H2. The van der Waals surface area contributed by atoms with E-state index in [1.807, 2.05) is 0 Å². The molecular formula is C7H14O3. The third-order valence-corrected chi connectivity index (χ3v) is 1.83. The van der Waals surface area contributed by atoms with Crippen molar-refractivity contribution in [2.45, 2.75) is 31.5 Å². The molecule has 1 saturated heterocycles. The molecule has 3 heteroatoms. The maximum absolute atomic E-state index is 9.11. The van der Waals surface area contributed by atoms with E-state index in [0.717, 1.165) is 25.9 Å². The topological polar surface area (TPSA) is 49.7 Å². The van der Waals surface area contributed by atoms with Crippen molar-refractivity contribution >= 4 is 0 Å². The zero-order chi connectivity index (χ0) is 7.40. The molecule has 1 rings (SSSR count). The van der Waals surface area contributed by atoms with Crippen LogP contribution in [-0.4, -0.2) is 35.6 Å². The molecule has 0 amide bonds. The third kappa shape index (κ3) is 1.94. The van der Waals surface area contributed by atoms with Gasteiger partial charge >= 0.3 is 0 Å². The summed E-state index contributed by atoms with van der Waals surface area (Å²) in [6.45, 7) is 0.534. The average molecular weight is 146 g/mol. The van der Waals surface area contributed by atoms with Crippen molar-refractivity contribution in [3.05, 3.63) is 0 Å². The highest BCUT2D eigenvalue weighted by atomic mass is 16.5. The van der Waals surface area contributed by atoms with Crippen LogP contribution in [0, 0.1) is 0 Å². The predicted octanol–water partition coefficient (Wildman–Crippen LogP) is -0.0913. The molecule has 1 heterocycles. The van der Waals surface area contributed by atoms with Crippen molar-refractivity contribution in [2.75, 3.05) is 13.2 Å². The van der Waals surface area contributed by atoms with Crippen LogP contribution in [0.3, 0.4) is 0 Å². The Labute approximate surface area is 60.6 Å². The number of hydrogen-bond donors (Lipinski definition) is 2. The summed E-state index contributed by atoms with van der Waals surface area (Å²) < 4.78 is 5.22. The van der Waals surface area contributed by atoms with Crippen LogP contribution >= 0.6 is 0 Å².